The Hall–Kier alpha value is -1.29. The minimum atomic E-state index is -0.349. The molecule has 1 aromatic heterocycles. The summed E-state index contributed by atoms with van der Waals surface area (Å²) in [6, 6.07) is 3.96. The molecule has 2 N–H and O–H groups in total. The summed E-state index contributed by atoms with van der Waals surface area (Å²) in [6.45, 7) is 8.14. The number of nitrogens with zero attached hydrogens (tertiary/aromatic N) is 1. The van der Waals surface area contributed by atoms with E-state index in [-0.39, 0.29) is 24.1 Å². The minimum absolute atomic E-state index is 0.0773. The van der Waals surface area contributed by atoms with Crippen LogP contribution in [0.2, 0.25) is 0 Å². The summed E-state index contributed by atoms with van der Waals surface area (Å²) in [7, 11) is 0. The molecule has 0 bridgehead atoms. The summed E-state index contributed by atoms with van der Waals surface area (Å²) in [5.74, 6) is -0.0773. The van der Waals surface area contributed by atoms with E-state index < -0.39 is 0 Å². The number of rotatable bonds is 6. The first-order chi connectivity index (χ1) is 8.43. The number of amides is 1. The zero-order valence-corrected chi connectivity index (χ0v) is 11.7. The maximum Gasteiger partial charge on any atom is 0.268 e. The van der Waals surface area contributed by atoms with Crippen molar-refractivity contribution in [1.82, 2.24) is 9.88 Å². The van der Waals surface area contributed by atoms with Crippen LogP contribution in [-0.2, 0) is 0 Å². The van der Waals surface area contributed by atoms with Gasteiger partial charge >= 0.3 is 0 Å². The molecule has 0 radical (unpaired) electrons. The second-order valence-electron chi connectivity index (χ2n) is 5.24. The van der Waals surface area contributed by atoms with Gasteiger partial charge in [0.05, 0.1) is 0 Å². The quantitative estimate of drug-likeness (QED) is 0.816. The molecule has 0 spiro atoms. The van der Waals surface area contributed by atoms with Gasteiger partial charge in [0.15, 0.2) is 0 Å². The van der Waals surface area contributed by atoms with E-state index in [9.17, 15) is 4.79 Å². The molecule has 102 valence electrons. The Bertz CT molecular complexity index is 398. The van der Waals surface area contributed by atoms with Crippen molar-refractivity contribution in [1.29, 1.82) is 0 Å². The SMILES string of the molecule is CCC(C)(CCO)NC(=O)c1cccn1C(C)C. The van der Waals surface area contributed by atoms with E-state index >= 15 is 0 Å². The Kier molecular flexibility index (Phi) is 4.96. The van der Waals surface area contributed by atoms with E-state index in [1.54, 1.807) is 0 Å². The Morgan fingerprint density at radius 3 is 2.72 bits per heavy atom. The smallest absolute Gasteiger partial charge is 0.268 e. The third-order valence-electron chi connectivity index (χ3n) is 3.43. The van der Waals surface area contributed by atoms with E-state index in [2.05, 4.69) is 5.32 Å². The van der Waals surface area contributed by atoms with Crippen LogP contribution in [-0.4, -0.2) is 27.7 Å². The second kappa shape index (κ2) is 6.05. The lowest BCUT2D eigenvalue weighted by atomic mass is 9.94. The van der Waals surface area contributed by atoms with Gasteiger partial charge in [-0.2, -0.15) is 0 Å². The molecule has 1 atom stereocenters. The lowest BCUT2D eigenvalue weighted by Gasteiger charge is -2.29. The highest BCUT2D eigenvalue weighted by molar-refractivity contribution is 5.93. The molecular weight excluding hydrogens is 228 g/mol. The highest BCUT2D eigenvalue weighted by Crippen LogP contribution is 2.16. The van der Waals surface area contributed by atoms with Crippen molar-refractivity contribution in [2.45, 2.75) is 52.1 Å². The molecule has 0 aliphatic carbocycles. The van der Waals surface area contributed by atoms with Gasteiger partial charge in [0, 0.05) is 24.4 Å². The Morgan fingerprint density at radius 2 is 2.22 bits per heavy atom. The van der Waals surface area contributed by atoms with Gasteiger partial charge in [-0.05, 0) is 45.7 Å². The summed E-state index contributed by atoms with van der Waals surface area (Å²) in [4.78, 5) is 12.3. The van der Waals surface area contributed by atoms with Gasteiger partial charge in [0.1, 0.15) is 5.69 Å². The van der Waals surface area contributed by atoms with E-state index in [0.29, 0.717) is 12.1 Å². The third kappa shape index (κ3) is 3.35. The highest BCUT2D eigenvalue weighted by atomic mass is 16.3. The summed E-state index contributed by atoms with van der Waals surface area (Å²) >= 11 is 0. The molecule has 0 fully saturated rings. The van der Waals surface area contributed by atoms with Crippen molar-refractivity contribution < 1.29 is 9.90 Å². The standard InChI is InChI=1S/C14H24N2O2/c1-5-14(4,8-10-17)15-13(18)12-7-6-9-16(12)11(2)3/h6-7,9,11,17H,5,8,10H2,1-4H3,(H,15,18). The summed E-state index contributed by atoms with van der Waals surface area (Å²) in [5.41, 5.74) is 0.320. The van der Waals surface area contributed by atoms with Crippen molar-refractivity contribution in [3.05, 3.63) is 24.0 Å². The number of aliphatic hydroxyl groups is 1. The van der Waals surface area contributed by atoms with Crippen LogP contribution in [0.5, 0.6) is 0 Å². The Labute approximate surface area is 109 Å². The average Bonchev–Trinajstić information content (AvgIpc) is 2.78. The minimum Gasteiger partial charge on any atom is -0.396 e. The maximum atomic E-state index is 12.3. The van der Waals surface area contributed by atoms with E-state index in [1.807, 2.05) is 50.6 Å². The fourth-order valence-electron chi connectivity index (χ4n) is 1.95. The number of carbonyl (C=O) groups excluding carboxylic acids is 1. The van der Waals surface area contributed by atoms with Gasteiger partial charge in [-0.15, -0.1) is 0 Å². The van der Waals surface area contributed by atoms with Gasteiger partial charge in [0.2, 0.25) is 0 Å². The van der Waals surface area contributed by atoms with Crippen molar-refractivity contribution in [2.24, 2.45) is 0 Å². The van der Waals surface area contributed by atoms with Crippen molar-refractivity contribution in [2.75, 3.05) is 6.61 Å². The Morgan fingerprint density at radius 1 is 1.56 bits per heavy atom. The van der Waals surface area contributed by atoms with Crippen LogP contribution in [0, 0.1) is 0 Å². The molecule has 0 aromatic carbocycles. The molecule has 18 heavy (non-hydrogen) atoms. The van der Waals surface area contributed by atoms with Gasteiger partial charge in [-0.1, -0.05) is 6.92 Å². The van der Waals surface area contributed by atoms with Gasteiger partial charge in [0.25, 0.3) is 5.91 Å². The largest absolute Gasteiger partial charge is 0.396 e. The lowest BCUT2D eigenvalue weighted by Crippen LogP contribution is -2.46. The molecule has 1 aromatic rings. The molecule has 4 heteroatoms. The molecule has 1 amide bonds. The second-order valence-corrected chi connectivity index (χ2v) is 5.24. The van der Waals surface area contributed by atoms with Gasteiger partial charge in [-0.3, -0.25) is 4.79 Å². The van der Waals surface area contributed by atoms with Crippen LogP contribution in [0.1, 0.15) is 57.1 Å². The van der Waals surface area contributed by atoms with Crippen molar-refractivity contribution in [3.63, 3.8) is 0 Å². The zero-order chi connectivity index (χ0) is 13.8. The molecule has 1 unspecified atom stereocenters. The summed E-state index contributed by atoms with van der Waals surface area (Å²) in [6.07, 6.45) is 3.27. The number of carbonyl (C=O) groups is 1. The van der Waals surface area contributed by atoms with Crippen molar-refractivity contribution in [3.8, 4) is 0 Å². The fraction of sp³-hybridized carbons (Fsp3) is 0.643. The first-order valence-corrected chi connectivity index (χ1v) is 6.53. The third-order valence-corrected chi connectivity index (χ3v) is 3.43. The van der Waals surface area contributed by atoms with Crippen LogP contribution >= 0.6 is 0 Å². The monoisotopic (exact) mass is 252 g/mol. The predicted octanol–water partition coefficient (Wildman–Crippen LogP) is 2.35. The number of nitrogens with one attached hydrogen (secondary N) is 1. The predicted molar refractivity (Wildman–Crippen MR) is 72.7 cm³/mol. The molecule has 1 heterocycles. The normalized spacial score (nSPS) is 14.6. The van der Waals surface area contributed by atoms with E-state index in [4.69, 9.17) is 5.11 Å². The molecule has 0 aliphatic rings. The van der Waals surface area contributed by atoms with Crippen LogP contribution in [0.25, 0.3) is 0 Å². The van der Waals surface area contributed by atoms with E-state index in [1.165, 1.54) is 0 Å². The fourth-order valence-corrected chi connectivity index (χ4v) is 1.95. The summed E-state index contributed by atoms with van der Waals surface area (Å²) in [5, 5.41) is 12.1. The van der Waals surface area contributed by atoms with Crippen LogP contribution < -0.4 is 5.32 Å². The Balaban J connectivity index is 2.84. The van der Waals surface area contributed by atoms with Crippen molar-refractivity contribution >= 4 is 5.91 Å². The molecule has 0 saturated heterocycles. The first kappa shape index (κ1) is 14.8. The maximum absolute atomic E-state index is 12.3. The molecular formula is C14H24N2O2. The number of hydrogen-bond donors (Lipinski definition) is 2. The molecule has 0 aliphatic heterocycles. The van der Waals surface area contributed by atoms with E-state index in [0.717, 1.165) is 6.42 Å². The summed E-state index contributed by atoms with van der Waals surface area (Å²) < 4.78 is 1.95. The zero-order valence-electron chi connectivity index (χ0n) is 11.7. The van der Waals surface area contributed by atoms with Crippen LogP contribution in [0.3, 0.4) is 0 Å². The average molecular weight is 252 g/mol. The molecule has 4 nitrogen and oxygen atoms in total. The lowest BCUT2D eigenvalue weighted by molar-refractivity contribution is 0.0875. The number of hydrogen-bond acceptors (Lipinski definition) is 2. The van der Waals surface area contributed by atoms with Gasteiger partial charge < -0.3 is 15.0 Å². The highest BCUT2D eigenvalue weighted by Gasteiger charge is 2.25. The molecule has 1 rings (SSSR count). The number of aliphatic hydroxyl groups excluding tert-OH is 1. The number of aromatic nitrogens is 1. The van der Waals surface area contributed by atoms with Gasteiger partial charge in [-0.25, -0.2) is 0 Å². The van der Waals surface area contributed by atoms with Crippen LogP contribution in [0.4, 0.5) is 0 Å². The first-order valence-electron chi connectivity index (χ1n) is 6.53. The van der Waals surface area contributed by atoms with Crippen LogP contribution in [0.15, 0.2) is 18.3 Å². The topological polar surface area (TPSA) is 54.3 Å². The molecule has 0 saturated carbocycles.